The molecular formula is C13H19N3OS. The second-order valence-corrected chi connectivity index (χ2v) is 5.38. The first kappa shape index (κ1) is 12.3. The van der Waals surface area contributed by atoms with E-state index in [0.717, 1.165) is 49.5 Å². The molecule has 1 aromatic heterocycles. The van der Waals surface area contributed by atoms with Gasteiger partial charge in [-0.2, -0.15) is 0 Å². The van der Waals surface area contributed by atoms with Crippen molar-refractivity contribution in [3.8, 4) is 0 Å². The Morgan fingerprint density at radius 1 is 1.50 bits per heavy atom. The molecule has 1 atom stereocenters. The number of morpholine rings is 1. The van der Waals surface area contributed by atoms with Gasteiger partial charge in [-0.25, -0.2) is 4.98 Å². The van der Waals surface area contributed by atoms with Gasteiger partial charge in [0.25, 0.3) is 0 Å². The maximum absolute atomic E-state index is 5.83. The number of hydrogen-bond donors (Lipinski definition) is 1. The number of ether oxygens (including phenoxy) is 1. The maximum atomic E-state index is 5.83. The Bertz CT molecular complexity index is 499. The van der Waals surface area contributed by atoms with Gasteiger partial charge in [0.05, 0.1) is 6.61 Å². The van der Waals surface area contributed by atoms with E-state index in [4.69, 9.17) is 17.0 Å². The molecule has 1 saturated heterocycles. The molecule has 0 radical (unpaired) electrons. The van der Waals surface area contributed by atoms with Gasteiger partial charge in [0.1, 0.15) is 16.6 Å². The molecule has 1 aromatic rings. The van der Waals surface area contributed by atoms with Crippen molar-refractivity contribution in [2.75, 3.05) is 26.2 Å². The Morgan fingerprint density at radius 3 is 3.22 bits per heavy atom. The number of nitrogens with one attached hydrogen (secondary N) is 1. The van der Waals surface area contributed by atoms with E-state index in [0.29, 0.717) is 0 Å². The Labute approximate surface area is 112 Å². The normalized spacial score (nSPS) is 24.2. The van der Waals surface area contributed by atoms with Crippen LogP contribution in [-0.4, -0.2) is 41.1 Å². The van der Waals surface area contributed by atoms with Crippen LogP contribution in [0.2, 0.25) is 0 Å². The number of aromatic nitrogens is 2. The molecule has 0 spiro atoms. The summed E-state index contributed by atoms with van der Waals surface area (Å²) < 4.78 is 6.60. The van der Waals surface area contributed by atoms with Crippen molar-refractivity contribution < 1.29 is 4.74 Å². The van der Waals surface area contributed by atoms with Crippen LogP contribution in [-0.2, 0) is 17.6 Å². The molecule has 2 heterocycles. The van der Waals surface area contributed by atoms with Crippen LogP contribution in [0, 0.1) is 4.64 Å². The second-order valence-electron chi connectivity index (χ2n) is 4.99. The largest absolute Gasteiger partial charge is 0.368 e. The third-order valence-corrected chi connectivity index (χ3v) is 4.22. The molecule has 5 heteroatoms. The number of hydrogen-bond acceptors (Lipinski definition) is 4. The van der Waals surface area contributed by atoms with E-state index in [2.05, 4.69) is 21.8 Å². The minimum atomic E-state index is 0.0475. The van der Waals surface area contributed by atoms with Crippen LogP contribution in [0.4, 0.5) is 0 Å². The third kappa shape index (κ3) is 2.22. The number of fused-ring (bicyclic) bond motifs is 1. The molecule has 2 aliphatic rings. The zero-order chi connectivity index (χ0) is 12.5. The molecule has 4 nitrogen and oxygen atoms in total. The van der Waals surface area contributed by atoms with Gasteiger partial charge >= 0.3 is 0 Å². The van der Waals surface area contributed by atoms with E-state index >= 15 is 0 Å². The molecular weight excluding hydrogens is 246 g/mol. The third-order valence-electron chi connectivity index (χ3n) is 3.88. The highest BCUT2D eigenvalue weighted by Crippen LogP contribution is 2.24. The Balaban J connectivity index is 1.88. The highest BCUT2D eigenvalue weighted by Gasteiger charge is 2.24. The summed E-state index contributed by atoms with van der Waals surface area (Å²) in [4.78, 5) is 10.4. The van der Waals surface area contributed by atoms with Crippen LogP contribution in [0.5, 0.6) is 0 Å². The Kier molecular flexibility index (Phi) is 3.46. The van der Waals surface area contributed by atoms with Crippen molar-refractivity contribution in [3.63, 3.8) is 0 Å². The predicted molar refractivity (Wildman–Crippen MR) is 72.3 cm³/mol. The summed E-state index contributed by atoms with van der Waals surface area (Å²) >= 11 is 5.39. The molecule has 0 saturated carbocycles. The molecule has 0 aromatic carbocycles. The van der Waals surface area contributed by atoms with Gasteiger partial charge in [-0.15, -0.1) is 0 Å². The lowest BCUT2D eigenvalue weighted by Crippen LogP contribution is -2.38. The van der Waals surface area contributed by atoms with Crippen LogP contribution in [0.1, 0.15) is 36.5 Å². The first-order valence-electron chi connectivity index (χ1n) is 6.74. The van der Waals surface area contributed by atoms with E-state index in [1.54, 1.807) is 0 Å². The zero-order valence-electron chi connectivity index (χ0n) is 10.7. The summed E-state index contributed by atoms with van der Waals surface area (Å²) in [5, 5.41) is 0. The van der Waals surface area contributed by atoms with Gasteiger partial charge in [0.15, 0.2) is 0 Å². The first-order valence-corrected chi connectivity index (χ1v) is 7.14. The lowest BCUT2D eigenvalue weighted by atomic mass is 10.2. The molecule has 1 aliphatic heterocycles. The molecule has 18 heavy (non-hydrogen) atoms. The number of aryl methyl sites for hydroxylation is 1. The standard InChI is InChI=1S/C13H19N3OS/c1-2-16-6-7-17-11(8-16)12-14-10-5-3-4-9(10)13(18)15-12/h11H,2-8H2,1H3,(H,14,15,18). The molecule has 0 bridgehead atoms. The van der Waals surface area contributed by atoms with Crippen LogP contribution >= 0.6 is 12.2 Å². The molecule has 1 N–H and O–H groups in total. The quantitative estimate of drug-likeness (QED) is 0.831. The number of likely N-dealkylation sites (N-methyl/N-ethyl adjacent to an activating group) is 1. The van der Waals surface area contributed by atoms with Crippen molar-refractivity contribution >= 4 is 12.2 Å². The van der Waals surface area contributed by atoms with Crippen LogP contribution < -0.4 is 0 Å². The van der Waals surface area contributed by atoms with Crippen LogP contribution in [0.15, 0.2) is 0 Å². The lowest BCUT2D eigenvalue weighted by molar-refractivity contribution is -0.0327. The van der Waals surface area contributed by atoms with E-state index < -0.39 is 0 Å². The summed E-state index contributed by atoms with van der Waals surface area (Å²) in [6.45, 7) is 5.94. The molecule has 98 valence electrons. The SMILES string of the molecule is CCN1CCOC(c2nc(=S)c3c([nH]2)CCC3)C1. The van der Waals surface area contributed by atoms with Crippen molar-refractivity contribution in [3.05, 3.63) is 21.7 Å². The first-order chi connectivity index (χ1) is 8.78. The van der Waals surface area contributed by atoms with Crippen molar-refractivity contribution in [2.45, 2.75) is 32.3 Å². The summed E-state index contributed by atoms with van der Waals surface area (Å²) in [7, 11) is 0. The highest BCUT2D eigenvalue weighted by atomic mass is 32.1. The second kappa shape index (κ2) is 5.07. The number of nitrogens with zero attached hydrogens (tertiary/aromatic N) is 2. The van der Waals surface area contributed by atoms with Gasteiger partial charge in [0, 0.05) is 24.3 Å². The topological polar surface area (TPSA) is 41.1 Å². The van der Waals surface area contributed by atoms with Crippen LogP contribution in [0.25, 0.3) is 0 Å². The Morgan fingerprint density at radius 2 is 2.39 bits per heavy atom. The van der Waals surface area contributed by atoms with Gasteiger partial charge in [-0.05, 0) is 25.8 Å². The zero-order valence-corrected chi connectivity index (χ0v) is 11.6. The summed E-state index contributed by atoms with van der Waals surface area (Å²) in [5.74, 6) is 0.916. The molecule has 1 aliphatic carbocycles. The van der Waals surface area contributed by atoms with Crippen molar-refractivity contribution in [1.29, 1.82) is 0 Å². The van der Waals surface area contributed by atoms with Gasteiger partial charge < -0.3 is 9.72 Å². The number of H-pyrrole nitrogens is 1. The van der Waals surface area contributed by atoms with E-state index in [1.165, 1.54) is 17.7 Å². The fourth-order valence-electron chi connectivity index (χ4n) is 2.78. The van der Waals surface area contributed by atoms with Gasteiger partial charge in [-0.1, -0.05) is 19.1 Å². The van der Waals surface area contributed by atoms with Crippen molar-refractivity contribution in [1.82, 2.24) is 14.9 Å². The predicted octanol–water partition coefficient (Wildman–Crippen LogP) is 2.02. The Hall–Kier alpha value is -0.780. The van der Waals surface area contributed by atoms with E-state index in [9.17, 15) is 0 Å². The monoisotopic (exact) mass is 265 g/mol. The van der Waals surface area contributed by atoms with Gasteiger partial charge in [0.2, 0.25) is 0 Å². The molecule has 3 rings (SSSR count). The summed E-state index contributed by atoms with van der Waals surface area (Å²) in [6.07, 6.45) is 3.41. The molecule has 0 amide bonds. The minimum Gasteiger partial charge on any atom is -0.368 e. The van der Waals surface area contributed by atoms with Gasteiger partial charge in [-0.3, -0.25) is 4.90 Å². The average Bonchev–Trinajstić information content (AvgIpc) is 2.87. The van der Waals surface area contributed by atoms with E-state index in [1.807, 2.05) is 0 Å². The summed E-state index contributed by atoms with van der Waals surface area (Å²) in [5.41, 5.74) is 2.53. The van der Waals surface area contributed by atoms with E-state index in [-0.39, 0.29) is 6.10 Å². The maximum Gasteiger partial charge on any atom is 0.138 e. The van der Waals surface area contributed by atoms with Crippen molar-refractivity contribution in [2.24, 2.45) is 0 Å². The minimum absolute atomic E-state index is 0.0475. The average molecular weight is 265 g/mol. The fourth-order valence-corrected chi connectivity index (χ4v) is 3.11. The van der Waals surface area contributed by atoms with Crippen LogP contribution in [0.3, 0.4) is 0 Å². The summed E-state index contributed by atoms with van der Waals surface area (Å²) in [6, 6.07) is 0. The highest BCUT2D eigenvalue weighted by molar-refractivity contribution is 7.71. The fraction of sp³-hybridized carbons (Fsp3) is 0.692. The number of aromatic amines is 1. The molecule has 1 fully saturated rings. The smallest absolute Gasteiger partial charge is 0.138 e. The number of rotatable bonds is 2. The lowest BCUT2D eigenvalue weighted by Gasteiger charge is -2.31. The molecule has 1 unspecified atom stereocenters.